The molecule has 10 aromatic carbocycles. The van der Waals surface area contributed by atoms with Gasteiger partial charge in [-0.3, -0.25) is 8.97 Å². The summed E-state index contributed by atoms with van der Waals surface area (Å²) in [5.74, 6) is 1.14. The SMILES string of the molecule is [2H]C([2H])([2H])[Si]1(C([2H])([2H])[2H])c2ccccc2Oc2c([Si](c3ccccc3)(c3ccccc3)c3ccc4/c(c3)=c3/cccc/c3=c3\cccc\c3=c3/cccc/c3=4)cc(-n3c4ccccc4n4c5ccccc5nc34)cc21. The molecule has 1 aliphatic carbocycles. The predicted octanol–water partition coefficient (Wildman–Crippen LogP) is 10.2. The van der Waals surface area contributed by atoms with E-state index in [-0.39, 0.29) is 21.9 Å². The summed E-state index contributed by atoms with van der Waals surface area (Å²) in [6, 6.07) is 80.7. The molecule has 0 N–H and O–H groups in total. The molecule has 14 rings (SSSR count). The van der Waals surface area contributed by atoms with Gasteiger partial charge in [0.15, 0.2) is 8.07 Å². The van der Waals surface area contributed by atoms with Crippen LogP contribution in [0, 0.1) is 41.7 Å². The van der Waals surface area contributed by atoms with Crippen LogP contribution in [0.4, 0.5) is 0 Å². The van der Waals surface area contributed by atoms with Crippen LogP contribution in [0.15, 0.2) is 237 Å². The van der Waals surface area contributed by atoms with E-state index < -0.39 is 29.1 Å². The molecule has 2 aromatic heterocycles. The maximum atomic E-state index is 9.68. The predicted molar refractivity (Wildman–Crippen MR) is 286 cm³/mol. The van der Waals surface area contributed by atoms with Crippen LogP contribution in [-0.4, -0.2) is 30.1 Å². The van der Waals surface area contributed by atoms with Crippen LogP contribution >= 0.6 is 0 Å². The van der Waals surface area contributed by atoms with E-state index >= 15 is 0 Å². The van der Waals surface area contributed by atoms with Crippen LogP contribution in [0.25, 0.3) is 33.5 Å². The number of imidazole rings is 2. The van der Waals surface area contributed by atoms with Crippen molar-refractivity contribution in [1.29, 1.82) is 0 Å². The number of para-hydroxylation sites is 5. The molecule has 0 amide bonds. The molecule has 326 valence electrons. The van der Waals surface area contributed by atoms with Crippen molar-refractivity contribution in [2.24, 2.45) is 0 Å². The molecule has 2 aliphatic rings. The number of ether oxygens (including phenoxy) is 1. The zero-order chi connectivity index (χ0) is 50.8. The van der Waals surface area contributed by atoms with Gasteiger partial charge in [-0.15, -0.1) is 0 Å². The quantitative estimate of drug-likeness (QED) is 0.127. The zero-order valence-corrected chi connectivity index (χ0v) is 39.3. The molecule has 0 saturated carbocycles. The van der Waals surface area contributed by atoms with Crippen molar-refractivity contribution in [1.82, 2.24) is 14.0 Å². The van der Waals surface area contributed by atoms with E-state index in [1.165, 1.54) is 0 Å². The number of aromatic nitrogens is 3. The van der Waals surface area contributed by atoms with Gasteiger partial charge in [-0.05, 0) is 115 Å². The maximum absolute atomic E-state index is 9.68. The Morgan fingerprint density at radius 3 is 1.57 bits per heavy atom. The Morgan fingerprint density at radius 2 is 0.942 bits per heavy atom. The third-order valence-corrected chi connectivity index (χ3v) is 21.7. The highest BCUT2D eigenvalue weighted by molar-refractivity contribution is 7.20. The van der Waals surface area contributed by atoms with E-state index in [9.17, 15) is 8.22 Å². The summed E-state index contributed by atoms with van der Waals surface area (Å²) >= 11 is 0. The second-order valence-electron chi connectivity index (χ2n) is 18.2. The first-order valence-electron chi connectivity index (χ1n) is 26.4. The topological polar surface area (TPSA) is 31.5 Å². The van der Waals surface area contributed by atoms with Gasteiger partial charge >= 0.3 is 0 Å². The fourth-order valence-electron chi connectivity index (χ4n) is 11.6. The first-order chi connectivity index (χ1) is 36.5. The summed E-state index contributed by atoms with van der Waals surface area (Å²) in [5, 5.41) is 13.0. The largest absolute Gasteiger partial charge is 0.458 e. The number of hydrogen-bond acceptors (Lipinski definition) is 2. The second kappa shape index (κ2) is 15.1. The molecular weight excluding hydrogens is 871 g/mol. The zero-order valence-electron chi connectivity index (χ0n) is 43.3. The number of fused-ring (bicyclic) bond motifs is 11. The van der Waals surface area contributed by atoms with Gasteiger partial charge in [-0.25, -0.2) is 4.98 Å². The fourth-order valence-corrected chi connectivity index (χ4v) is 18.6. The van der Waals surface area contributed by atoms with Crippen molar-refractivity contribution in [2.45, 2.75) is 13.0 Å². The molecule has 4 nitrogen and oxygen atoms in total. The Bertz CT molecular complexity index is 4700. The van der Waals surface area contributed by atoms with Crippen molar-refractivity contribution >= 4 is 75.1 Å². The number of rotatable bonds is 5. The lowest BCUT2D eigenvalue weighted by Gasteiger charge is -2.40. The Kier molecular flexibility index (Phi) is 7.46. The first-order valence-corrected chi connectivity index (χ1v) is 27.4. The molecule has 0 atom stereocenters. The lowest BCUT2D eigenvalue weighted by atomic mass is 10.0. The van der Waals surface area contributed by atoms with Gasteiger partial charge in [0.05, 0.1) is 22.1 Å². The van der Waals surface area contributed by atoms with Gasteiger partial charge in [0, 0.05) is 13.9 Å². The van der Waals surface area contributed by atoms with Crippen molar-refractivity contribution in [3.05, 3.63) is 278 Å². The van der Waals surface area contributed by atoms with E-state index in [4.69, 9.17) is 9.72 Å². The highest BCUT2D eigenvalue weighted by atomic mass is 28.3. The van der Waals surface area contributed by atoms with E-state index in [2.05, 4.69) is 167 Å². The van der Waals surface area contributed by atoms with Gasteiger partial charge in [0.25, 0.3) is 0 Å². The highest BCUT2D eigenvalue weighted by Crippen LogP contribution is 2.34. The summed E-state index contributed by atoms with van der Waals surface area (Å²) < 4.78 is 69.7. The van der Waals surface area contributed by atoms with Crippen LogP contribution in [0.1, 0.15) is 8.22 Å². The molecule has 1 aliphatic heterocycles. The van der Waals surface area contributed by atoms with Crippen molar-refractivity contribution < 1.29 is 13.0 Å². The summed E-state index contributed by atoms with van der Waals surface area (Å²) in [4.78, 5) is 5.29. The van der Waals surface area contributed by atoms with Gasteiger partial charge in [-0.1, -0.05) is 207 Å². The molecule has 69 heavy (non-hydrogen) atoms. The Morgan fingerprint density at radius 1 is 0.435 bits per heavy atom. The van der Waals surface area contributed by atoms with E-state index in [1.54, 1.807) is 24.3 Å². The molecule has 0 fully saturated rings. The fraction of sp³-hybridized carbons (Fsp3) is 0.0317. The third kappa shape index (κ3) is 5.70. The minimum atomic E-state index is -4.95. The van der Waals surface area contributed by atoms with Gasteiger partial charge in [0.1, 0.15) is 19.6 Å². The lowest BCUT2D eigenvalue weighted by molar-refractivity contribution is 0.490. The van der Waals surface area contributed by atoms with Crippen LogP contribution in [0.3, 0.4) is 0 Å². The molecule has 0 radical (unpaired) electrons. The highest BCUT2D eigenvalue weighted by Gasteiger charge is 2.48. The normalized spacial score (nSPS) is 17.0. The second-order valence-corrected chi connectivity index (χ2v) is 24.5. The summed E-state index contributed by atoms with van der Waals surface area (Å²) in [6.07, 6.45) is 0. The molecule has 0 saturated heterocycles. The van der Waals surface area contributed by atoms with Crippen LogP contribution in [0.2, 0.25) is 13.0 Å². The van der Waals surface area contributed by atoms with Gasteiger partial charge in [0.2, 0.25) is 5.78 Å². The summed E-state index contributed by atoms with van der Waals surface area (Å²) in [6.45, 7) is -5.95. The van der Waals surface area contributed by atoms with Gasteiger partial charge in [-0.2, -0.15) is 0 Å². The number of nitrogens with zero attached hydrogens (tertiary/aromatic N) is 3. The molecule has 0 unspecified atom stereocenters. The molecule has 3 heterocycles. The average Bonchev–Trinajstić information content (AvgIpc) is 4.09. The molecule has 0 spiro atoms. The number of benzene rings is 10. The Labute approximate surface area is 408 Å². The van der Waals surface area contributed by atoms with Crippen molar-refractivity contribution in [3.63, 3.8) is 0 Å². The minimum absolute atomic E-state index is 0.201. The summed E-state index contributed by atoms with van der Waals surface area (Å²) in [5.41, 5.74) is 4.01. The standard InChI is InChI=1S/C63H45N3OSi2/c1-68(2)59-36-20-19-35-58(59)67-62-60(68)39-42(65-56-33-17-18-34-57(56)66-55-32-16-15-31-54(55)64-63(65)66)40-61(62)69(43-21-5-3-6-22-43,44-23-7-4-8-24-44)45-37-38-52-50-29-12-11-27-48(50)46-25-9-10-26-47(46)49-28-13-14-30-51(49)53(52)41-45/h3-41H,1-2H3/b48-46-,49-47-,52-50-,53-51-/i1D3,2D3. The Balaban J connectivity index is 1.25. The molecule has 0 bridgehead atoms. The van der Waals surface area contributed by atoms with E-state index in [0.29, 0.717) is 11.5 Å². The summed E-state index contributed by atoms with van der Waals surface area (Å²) in [7, 11) is -8.83. The van der Waals surface area contributed by atoms with Crippen LogP contribution in [0.5, 0.6) is 11.5 Å². The number of hydrogen-bond donors (Lipinski definition) is 0. The lowest BCUT2D eigenvalue weighted by Crippen LogP contribution is -2.76. The minimum Gasteiger partial charge on any atom is -0.458 e. The molecular formula is C63H45N3OSi2. The molecule has 6 heteroatoms. The van der Waals surface area contributed by atoms with Crippen LogP contribution < -0.4 is 35.9 Å². The van der Waals surface area contributed by atoms with Crippen LogP contribution in [-0.2, 0) is 0 Å². The Hall–Kier alpha value is -8.30. The van der Waals surface area contributed by atoms with Crippen molar-refractivity contribution in [3.8, 4) is 17.2 Å². The van der Waals surface area contributed by atoms with E-state index in [0.717, 1.165) is 84.6 Å². The van der Waals surface area contributed by atoms with Crippen molar-refractivity contribution in [2.75, 3.05) is 0 Å². The smallest absolute Gasteiger partial charge is 0.220 e. The first kappa shape index (κ1) is 34.1. The third-order valence-electron chi connectivity index (χ3n) is 14.6. The van der Waals surface area contributed by atoms with E-state index in [1.807, 2.05) is 54.6 Å². The molecule has 12 aromatic rings. The monoisotopic (exact) mass is 921 g/mol. The average molecular weight is 922 g/mol. The maximum Gasteiger partial charge on any atom is 0.220 e. The van der Waals surface area contributed by atoms with Gasteiger partial charge < -0.3 is 4.74 Å².